The predicted molar refractivity (Wildman–Crippen MR) is 348 cm³/mol. The van der Waals surface area contributed by atoms with E-state index in [2.05, 4.69) is 188 Å². The zero-order chi connectivity index (χ0) is 58.4. The minimum absolute atomic E-state index is 0.0709. The Bertz CT molecular complexity index is 3700. The van der Waals surface area contributed by atoms with Gasteiger partial charge in [-0.05, 0) is 166 Å². The summed E-state index contributed by atoms with van der Waals surface area (Å²) in [5.74, 6) is -0.145. The van der Waals surface area contributed by atoms with Crippen LogP contribution in [0.2, 0.25) is 0 Å². The van der Waals surface area contributed by atoms with Crippen molar-refractivity contribution in [2.75, 3.05) is 74.8 Å². The summed E-state index contributed by atoms with van der Waals surface area (Å²) >= 11 is 0. The van der Waals surface area contributed by atoms with E-state index >= 15 is 0 Å². The van der Waals surface area contributed by atoms with Gasteiger partial charge in [-0.3, -0.25) is 9.59 Å². The van der Waals surface area contributed by atoms with Gasteiger partial charge in [0.25, 0.3) is 11.8 Å². The van der Waals surface area contributed by atoms with Gasteiger partial charge in [0, 0.05) is 118 Å². The molecular formula is C71H81N10O2+. The van der Waals surface area contributed by atoms with Gasteiger partial charge in [0.1, 0.15) is 11.0 Å². The van der Waals surface area contributed by atoms with Crippen LogP contribution < -0.4 is 41.0 Å². The highest BCUT2D eigenvalue weighted by Crippen LogP contribution is 2.37. The number of aromatic nitrogens is 2. The third-order valence-corrected chi connectivity index (χ3v) is 15.6. The zero-order valence-corrected chi connectivity index (χ0v) is 49.8. The van der Waals surface area contributed by atoms with Crippen molar-refractivity contribution in [3.8, 4) is 16.8 Å². The van der Waals surface area contributed by atoms with Crippen LogP contribution >= 0.6 is 0 Å². The fourth-order valence-corrected chi connectivity index (χ4v) is 10.9. The molecule has 0 spiro atoms. The number of benzene rings is 7. The number of para-hydroxylation sites is 2. The number of anilines is 5. The number of hydrogen-bond donors (Lipinski definition) is 5. The summed E-state index contributed by atoms with van der Waals surface area (Å²) < 4.78 is 2.35. The summed E-state index contributed by atoms with van der Waals surface area (Å²) in [5, 5.41) is 17.1. The van der Waals surface area contributed by atoms with E-state index in [1.165, 1.54) is 16.8 Å². The largest absolute Gasteiger partial charge is 0.385 e. The van der Waals surface area contributed by atoms with E-state index < -0.39 is 0 Å². The first-order chi connectivity index (χ1) is 40.2. The summed E-state index contributed by atoms with van der Waals surface area (Å²) in [6.45, 7) is 15.9. The Hall–Kier alpha value is -9.03. The Labute approximate surface area is 491 Å². The molecule has 0 bridgehead atoms. The second-order valence-corrected chi connectivity index (χ2v) is 22.1. The quantitative estimate of drug-likeness (QED) is 0.0217. The number of nitrogens with zero attached hydrogens (tertiary/aromatic N) is 5. The molecule has 8 aromatic rings. The molecule has 1 heterocycles. The normalized spacial score (nSPS) is 12.7. The summed E-state index contributed by atoms with van der Waals surface area (Å²) in [6.07, 6.45) is 12.2. The molecule has 1 aliphatic rings. The van der Waals surface area contributed by atoms with Crippen LogP contribution in [-0.2, 0) is 0 Å². The van der Waals surface area contributed by atoms with Crippen LogP contribution in [0.25, 0.3) is 38.9 Å². The highest BCUT2D eigenvalue weighted by atomic mass is 16.2. The average Bonchev–Trinajstić information content (AvgIpc) is 2.92. The lowest BCUT2D eigenvalue weighted by molar-refractivity contribution is -0.538. The van der Waals surface area contributed by atoms with Crippen LogP contribution in [0.5, 0.6) is 0 Å². The van der Waals surface area contributed by atoms with Gasteiger partial charge < -0.3 is 36.4 Å². The van der Waals surface area contributed by atoms with Gasteiger partial charge >= 0.3 is 0 Å². The van der Waals surface area contributed by atoms with Crippen molar-refractivity contribution in [2.45, 2.75) is 79.1 Å². The molecule has 2 amide bonds. The average molecular weight is 1110 g/mol. The van der Waals surface area contributed by atoms with Gasteiger partial charge in [-0.1, -0.05) is 92.9 Å². The van der Waals surface area contributed by atoms with Gasteiger partial charge in [0.2, 0.25) is 16.7 Å². The number of aliphatic imine (C=N–C) groups is 1. The molecule has 12 heteroatoms. The van der Waals surface area contributed by atoms with Crippen molar-refractivity contribution in [1.29, 1.82) is 0 Å². The van der Waals surface area contributed by atoms with Crippen molar-refractivity contribution >= 4 is 73.7 Å². The van der Waals surface area contributed by atoms with Gasteiger partial charge in [-0.25, -0.2) is 9.98 Å². The van der Waals surface area contributed by atoms with Crippen molar-refractivity contribution in [1.82, 2.24) is 20.9 Å². The first kappa shape index (κ1) is 58.6. The SMILES string of the molecule is C=C1C(=Nc2cc(C)c(N(C)C)cc2Nc2ccccc2)C=CC(NCCCCCCNC(=O)c2ccc(-c3ccc(C(=O)NCCCCCCNc4ccc5nc6cc(C)c(N(C)C)cc6[n+](-c6ccccc6)c5c4C)cc3)cc2)=C1C. The molecule has 0 aliphatic heterocycles. The van der Waals surface area contributed by atoms with Crippen LogP contribution in [0.15, 0.2) is 186 Å². The summed E-state index contributed by atoms with van der Waals surface area (Å²) in [7, 11) is 8.28. The number of nitrogens with one attached hydrogen (secondary N) is 5. The Balaban J connectivity index is 0.653. The fourth-order valence-electron chi connectivity index (χ4n) is 10.9. The molecule has 0 radical (unpaired) electrons. The lowest BCUT2D eigenvalue weighted by atomic mass is 9.96. The van der Waals surface area contributed by atoms with E-state index in [1.807, 2.05) is 72.8 Å². The van der Waals surface area contributed by atoms with Crippen LogP contribution in [0.1, 0.15) is 95.7 Å². The molecule has 7 aromatic carbocycles. The molecule has 0 saturated heterocycles. The van der Waals surface area contributed by atoms with E-state index in [0.29, 0.717) is 24.2 Å². The first-order valence-electron chi connectivity index (χ1n) is 29.3. The summed E-state index contributed by atoms with van der Waals surface area (Å²) in [6, 6.07) is 49.0. The molecule has 426 valence electrons. The van der Waals surface area contributed by atoms with Gasteiger partial charge in [-0.2, -0.15) is 0 Å². The molecule has 0 unspecified atom stereocenters. The first-order valence-corrected chi connectivity index (χ1v) is 29.3. The van der Waals surface area contributed by atoms with Gasteiger partial charge in [0.15, 0.2) is 0 Å². The van der Waals surface area contributed by atoms with E-state index in [9.17, 15) is 9.59 Å². The molecule has 0 fully saturated rings. The lowest BCUT2D eigenvalue weighted by Gasteiger charge is -2.21. The second-order valence-electron chi connectivity index (χ2n) is 22.1. The highest BCUT2D eigenvalue weighted by molar-refractivity contribution is 6.14. The number of amides is 2. The van der Waals surface area contributed by atoms with Crippen LogP contribution in [0.4, 0.5) is 34.1 Å². The lowest BCUT2D eigenvalue weighted by Crippen LogP contribution is -2.34. The molecule has 83 heavy (non-hydrogen) atoms. The summed E-state index contributed by atoms with van der Waals surface area (Å²) in [4.78, 5) is 40.6. The Kier molecular flexibility index (Phi) is 19.5. The third kappa shape index (κ3) is 14.5. The van der Waals surface area contributed by atoms with E-state index in [4.69, 9.17) is 9.98 Å². The predicted octanol–water partition coefficient (Wildman–Crippen LogP) is 14.6. The van der Waals surface area contributed by atoms with Crippen molar-refractivity contribution < 1.29 is 14.2 Å². The molecule has 0 saturated carbocycles. The summed E-state index contributed by atoms with van der Waals surface area (Å²) in [5.41, 5.74) is 22.1. The topological polar surface area (TPSA) is 130 Å². The number of hydrogen-bond acceptors (Lipinski definition) is 9. The van der Waals surface area contributed by atoms with Crippen molar-refractivity contribution in [3.05, 3.63) is 209 Å². The smallest absolute Gasteiger partial charge is 0.251 e. The molecule has 1 aliphatic carbocycles. The minimum Gasteiger partial charge on any atom is -0.385 e. The standard InChI is InChI=1S/C71H80N10O2/c1-48-44-63(64(46-66(48)79(6)7)76-57-24-16-14-17-25-57)77-61-38-36-59(50(3)51(61)4)72-40-20-10-12-22-42-74-70(82)55-32-28-53(29-33-55)54-30-34-56(35-31-54)71(83)75-43-23-13-11-21-41-73-60-37-39-62-69(52(60)5)81(58-26-18-15-19-27-58)68-47-67(80(8)9)49(2)45-65(68)78-62/h14-19,24-39,44-47,72,76H,4,10-13,20-23,40-43H2,1-3,5-9H3,(H2,74,75,82,83)/p+1. The molecule has 5 N–H and O–H groups in total. The van der Waals surface area contributed by atoms with Gasteiger partial charge in [-0.15, -0.1) is 4.57 Å². The molecule has 12 nitrogen and oxygen atoms in total. The van der Waals surface area contributed by atoms with Crippen molar-refractivity contribution in [3.63, 3.8) is 0 Å². The number of carbonyl (C=O) groups excluding carboxylic acids is 2. The maximum Gasteiger partial charge on any atom is 0.251 e. The van der Waals surface area contributed by atoms with Crippen LogP contribution in [0, 0.1) is 20.8 Å². The van der Waals surface area contributed by atoms with E-state index in [0.717, 1.165) is 160 Å². The zero-order valence-electron chi connectivity index (χ0n) is 49.8. The number of carbonyl (C=O) groups is 2. The number of fused-ring (bicyclic) bond motifs is 2. The van der Waals surface area contributed by atoms with E-state index in [-0.39, 0.29) is 11.8 Å². The maximum atomic E-state index is 13.1. The molecule has 0 atom stereocenters. The number of unbranched alkanes of at least 4 members (excludes halogenated alkanes) is 6. The Morgan fingerprint density at radius 3 is 1.69 bits per heavy atom. The molecular weight excluding hydrogens is 1020 g/mol. The Morgan fingerprint density at radius 1 is 0.554 bits per heavy atom. The monoisotopic (exact) mass is 1110 g/mol. The minimum atomic E-state index is -0.0739. The number of allylic oxidation sites excluding steroid dienone is 4. The van der Waals surface area contributed by atoms with Crippen LogP contribution in [0.3, 0.4) is 0 Å². The van der Waals surface area contributed by atoms with Gasteiger partial charge in [0.05, 0.1) is 17.1 Å². The van der Waals surface area contributed by atoms with E-state index in [1.54, 1.807) is 0 Å². The molecule has 9 rings (SSSR count). The molecule has 1 aromatic heterocycles. The highest BCUT2D eigenvalue weighted by Gasteiger charge is 2.25. The number of aryl methyl sites for hydroxylation is 3. The Morgan fingerprint density at radius 2 is 1.10 bits per heavy atom. The fraction of sp³-hybridized carbons (Fsp3) is 0.282. The third-order valence-electron chi connectivity index (χ3n) is 15.6. The maximum absolute atomic E-state index is 13.1. The number of rotatable bonds is 25. The second kappa shape index (κ2) is 27.6. The van der Waals surface area contributed by atoms with Crippen LogP contribution in [-0.4, -0.2) is 76.9 Å². The van der Waals surface area contributed by atoms with Crippen molar-refractivity contribution in [2.24, 2.45) is 4.99 Å².